The minimum atomic E-state index is -1.09. The Morgan fingerprint density at radius 3 is 2.34 bits per heavy atom. The lowest BCUT2D eigenvalue weighted by Gasteiger charge is -2.66. The first-order chi connectivity index (χ1) is 20.8. The second kappa shape index (κ2) is 11.2. The quantitative estimate of drug-likeness (QED) is 0.254. The van der Waals surface area contributed by atoms with E-state index in [2.05, 4.69) is 58.1 Å². The zero-order chi connectivity index (χ0) is 31.8. The predicted molar refractivity (Wildman–Crippen MR) is 177 cm³/mol. The number of amidine groups is 1. The van der Waals surface area contributed by atoms with E-state index in [0.29, 0.717) is 41.1 Å². The van der Waals surface area contributed by atoms with Crippen LogP contribution in [0.5, 0.6) is 0 Å². The average molecular weight is 601 g/mol. The highest BCUT2D eigenvalue weighted by Gasteiger charge is 2.65. The number of carbonyl (C=O) groups is 1. The number of likely N-dealkylation sites (N-methyl/N-ethyl adjacent to an activating group) is 1. The van der Waals surface area contributed by atoms with E-state index in [1.807, 2.05) is 12.4 Å². The van der Waals surface area contributed by atoms with Crippen molar-refractivity contribution in [3.05, 3.63) is 41.5 Å². The maximum Gasteiger partial charge on any atom is 0.175 e. The monoisotopic (exact) mass is 600 g/mol. The standard InChI is InChI=1S/C38H56N4O2/c1-22(2)25-20-40-35(41-21-25)24(5)42(8)34(39)33(44)38-18-15-28-27(32(38)31(23(3)4)29(43)19-38)12-13-30-36(6)16-10-9-11-26(36)14-17-37(28,30)7/h20-23,26-28,30,33,39,44H,5,9-19H2,1-4,6-8H3. The van der Waals surface area contributed by atoms with Crippen LogP contribution in [0.4, 0.5) is 0 Å². The number of aromatic nitrogens is 2. The Bertz CT molecular complexity index is 1360. The van der Waals surface area contributed by atoms with Crippen molar-refractivity contribution in [2.24, 2.45) is 45.8 Å². The lowest BCUT2D eigenvalue weighted by molar-refractivity contribution is -0.153. The summed E-state index contributed by atoms with van der Waals surface area (Å²) >= 11 is 0. The summed E-state index contributed by atoms with van der Waals surface area (Å²) < 4.78 is 0. The first-order valence-electron chi connectivity index (χ1n) is 17.6. The molecule has 4 saturated carbocycles. The Hall–Kier alpha value is -2.34. The topological polar surface area (TPSA) is 90.2 Å². The van der Waals surface area contributed by atoms with Gasteiger partial charge in [0.25, 0.3) is 0 Å². The van der Waals surface area contributed by atoms with Gasteiger partial charge in [0.05, 0.1) is 5.70 Å². The molecule has 6 nitrogen and oxygen atoms in total. The van der Waals surface area contributed by atoms with Gasteiger partial charge in [0, 0.05) is 31.3 Å². The normalized spacial score (nSPS) is 37.3. The fraction of sp³-hybridized carbons (Fsp3) is 0.737. The van der Waals surface area contributed by atoms with E-state index in [1.54, 1.807) is 11.9 Å². The van der Waals surface area contributed by atoms with E-state index >= 15 is 0 Å². The van der Waals surface area contributed by atoms with Crippen molar-refractivity contribution >= 4 is 17.3 Å². The molecular weight excluding hydrogens is 544 g/mol. The van der Waals surface area contributed by atoms with E-state index < -0.39 is 11.5 Å². The van der Waals surface area contributed by atoms with Crippen LogP contribution in [-0.2, 0) is 4.79 Å². The fourth-order valence-electron chi connectivity index (χ4n) is 11.4. The van der Waals surface area contributed by atoms with Crippen LogP contribution >= 0.6 is 0 Å². The number of nitrogens with zero attached hydrogens (tertiary/aromatic N) is 3. The third-order valence-electron chi connectivity index (χ3n) is 13.8. The molecule has 44 heavy (non-hydrogen) atoms. The highest BCUT2D eigenvalue weighted by molar-refractivity contribution is 6.02. The highest BCUT2D eigenvalue weighted by atomic mass is 16.3. The predicted octanol–water partition coefficient (Wildman–Crippen LogP) is 8.19. The van der Waals surface area contributed by atoms with Gasteiger partial charge in [-0.1, -0.05) is 66.5 Å². The molecule has 6 rings (SSSR count). The van der Waals surface area contributed by atoms with E-state index in [0.717, 1.165) is 42.2 Å². The number of allylic oxidation sites excluding steroid dienone is 1. The molecule has 5 aliphatic carbocycles. The lowest BCUT2D eigenvalue weighted by atomic mass is 9.39. The molecular formula is C38H56N4O2. The molecule has 240 valence electrons. The SMILES string of the molecule is C=C(c1ncc(C(C)C)cn1)N(C)C(=N)C(O)C12CCC3C(CCC4C5(C)CCCCC5CCC34C)C1=C(C(C)C)C(=O)C2. The van der Waals surface area contributed by atoms with Crippen molar-refractivity contribution < 1.29 is 9.90 Å². The Labute approximate surface area is 265 Å². The van der Waals surface area contributed by atoms with E-state index in [-0.39, 0.29) is 23.0 Å². The van der Waals surface area contributed by atoms with Crippen LogP contribution in [0.3, 0.4) is 0 Å². The average Bonchev–Trinajstić information content (AvgIpc) is 3.32. The molecule has 0 spiro atoms. The van der Waals surface area contributed by atoms with Crippen molar-refractivity contribution in [2.45, 2.75) is 124 Å². The van der Waals surface area contributed by atoms with Gasteiger partial charge in [0.2, 0.25) is 0 Å². The lowest BCUT2D eigenvalue weighted by Crippen LogP contribution is -2.59. The summed E-state index contributed by atoms with van der Waals surface area (Å²) in [7, 11) is 1.77. The molecule has 0 bridgehead atoms. The zero-order valence-electron chi connectivity index (χ0n) is 28.4. The number of Topliss-reactive ketones (excluding diaryl/α,β-unsaturated/α-hetero) is 1. The summed E-state index contributed by atoms with van der Waals surface area (Å²) in [5.41, 5.74) is 3.69. The van der Waals surface area contributed by atoms with Gasteiger partial charge in [-0.15, -0.1) is 0 Å². The van der Waals surface area contributed by atoms with Crippen molar-refractivity contribution in [3.63, 3.8) is 0 Å². The number of aliphatic hydroxyl groups excluding tert-OH is 1. The smallest absolute Gasteiger partial charge is 0.175 e. The van der Waals surface area contributed by atoms with Gasteiger partial charge in [-0.2, -0.15) is 0 Å². The maximum absolute atomic E-state index is 13.9. The molecule has 0 amide bonds. The van der Waals surface area contributed by atoms with Gasteiger partial charge in [-0.3, -0.25) is 10.2 Å². The molecule has 2 N–H and O–H groups in total. The summed E-state index contributed by atoms with van der Waals surface area (Å²) in [5, 5.41) is 21.5. The number of hydrogen-bond donors (Lipinski definition) is 2. The van der Waals surface area contributed by atoms with Crippen LogP contribution in [0.1, 0.15) is 129 Å². The molecule has 0 saturated heterocycles. The Kier molecular flexibility index (Phi) is 8.03. The van der Waals surface area contributed by atoms with Gasteiger partial charge in [-0.25, -0.2) is 9.97 Å². The summed E-state index contributed by atoms with van der Waals surface area (Å²) in [6.07, 6.45) is 15.1. The van der Waals surface area contributed by atoms with Crippen LogP contribution in [0.25, 0.3) is 5.70 Å². The largest absolute Gasteiger partial charge is 0.384 e. The Morgan fingerprint density at radius 2 is 1.68 bits per heavy atom. The van der Waals surface area contributed by atoms with Crippen molar-refractivity contribution in [3.8, 4) is 0 Å². The summed E-state index contributed by atoms with van der Waals surface area (Å²) in [6.45, 7) is 17.9. The van der Waals surface area contributed by atoms with Crippen LogP contribution in [0, 0.1) is 51.2 Å². The third-order valence-corrected chi connectivity index (χ3v) is 13.8. The fourth-order valence-corrected chi connectivity index (χ4v) is 11.4. The molecule has 8 unspecified atom stereocenters. The Morgan fingerprint density at radius 1 is 0.977 bits per heavy atom. The van der Waals surface area contributed by atoms with Crippen LogP contribution in [0.15, 0.2) is 30.1 Å². The minimum Gasteiger partial charge on any atom is -0.384 e. The summed E-state index contributed by atoms with van der Waals surface area (Å²) in [6, 6.07) is 0. The molecule has 1 aromatic heterocycles. The van der Waals surface area contributed by atoms with Gasteiger partial charge in [-0.05, 0) is 109 Å². The molecule has 0 aromatic carbocycles. The number of nitrogens with one attached hydrogen (secondary N) is 1. The molecule has 1 heterocycles. The molecule has 8 atom stereocenters. The summed E-state index contributed by atoms with van der Waals surface area (Å²) in [4.78, 5) is 24.6. The summed E-state index contributed by atoms with van der Waals surface area (Å²) in [5.74, 6) is 3.59. The van der Waals surface area contributed by atoms with Crippen LogP contribution < -0.4 is 0 Å². The molecule has 5 aliphatic rings. The van der Waals surface area contributed by atoms with Gasteiger partial charge < -0.3 is 10.0 Å². The number of rotatable bonds is 6. The Balaban J connectivity index is 1.32. The number of hydrogen-bond acceptors (Lipinski definition) is 5. The van der Waals surface area contributed by atoms with Crippen molar-refractivity contribution in [1.29, 1.82) is 5.41 Å². The first-order valence-corrected chi connectivity index (χ1v) is 17.6. The zero-order valence-corrected chi connectivity index (χ0v) is 28.4. The van der Waals surface area contributed by atoms with Gasteiger partial charge in [0.15, 0.2) is 11.6 Å². The minimum absolute atomic E-state index is 0.0791. The van der Waals surface area contributed by atoms with Gasteiger partial charge >= 0.3 is 0 Å². The van der Waals surface area contributed by atoms with Crippen molar-refractivity contribution in [2.75, 3.05) is 7.05 Å². The number of fused-ring (bicyclic) bond motifs is 7. The second-order valence-corrected chi connectivity index (χ2v) is 16.4. The highest BCUT2D eigenvalue weighted by Crippen LogP contribution is 2.71. The second-order valence-electron chi connectivity index (χ2n) is 16.4. The molecule has 6 heteroatoms. The third kappa shape index (κ3) is 4.59. The number of carbonyl (C=O) groups excluding carboxylic acids is 1. The molecule has 1 aromatic rings. The maximum atomic E-state index is 13.9. The first kappa shape index (κ1) is 31.6. The molecule has 0 aliphatic heterocycles. The van der Waals surface area contributed by atoms with E-state index in [4.69, 9.17) is 0 Å². The number of aliphatic hydroxyl groups is 1. The van der Waals surface area contributed by atoms with E-state index in [1.165, 1.54) is 50.5 Å². The van der Waals surface area contributed by atoms with Crippen LogP contribution in [-0.4, -0.2) is 44.7 Å². The van der Waals surface area contributed by atoms with Gasteiger partial charge in [0.1, 0.15) is 11.9 Å². The van der Waals surface area contributed by atoms with Crippen molar-refractivity contribution in [1.82, 2.24) is 14.9 Å². The molecule has 4 fully saturated rings. The number of ketones is 1. The molecule has 0 radical (unpaired) electrons. The van der Waals surface area contributed by atoms with Crippen LogP contribution in [0.2, 0.25) is 0 Å². The van der Waals surface area contributed by atoms with E-state index in [9.17, 15) is 15.3 Å².